The van der Waals surface area contributed by atoms with Gasteiger partial charge >= 0.3 is 0 Å². The van der Waals surface area contributed by atoms with Gasteiger partial charge in [-0.15, -0.1) is 0 Å². The Hall–Kier alpha value is -1.86. The summed E-state index contributed by atoms with van der Waals surface area (Å²) in [4.78, 5) is 0.0772. The maximum absolute atomic E-state index is 12.4. The van der Waals surface area contributed by atoms with Crippen molar-refractivity contribution >= 4 is 15.7 Å². The molecule has 0 fully saturated rings. The molecule has 6 nitrogen and oxygen atoms in total. The quantitative estimate of drug-likeness (QED) is 0.870. The third kappa shape index (κ3) is 2.83. The average molecular weight is 295 g/mol. The zero-order valence-corrected chi connectivity index (χ0v) is 12.2. The van der Waals surface area contributed by atoms with Crippen LogP contribution < -0.4 is 4.72 Å². The minimum absolute atomic E-state index is 0.0772. The first kappa shape index (κ1) is 14.5. The Kier molecular flexibility index (Phi) is 4.10. The molecule has 20 heavy (non-hydrogen) atoms. The van der Waals surface area contributed by atoms with Gasteiger partial charge in [0.05, 0.1) is 22.9 Å². The molecule has 0 unspecified atom stereocenters. The van der Waals surface area contributed by atoms with Crippen LogP contribution in [0, 0.1) is 0 Å². The fourth-order valence-corrected chi connectivity index (χ4v) is 3.28. The Morgan fingerprint density at radius 3 is 2.70 bits per heavy atom. The summed E-state index contributed by atoms with van der Waals surface area (Å²) in [6, 6.07) is 6.36. The molecule has 2 aromatic rings. The van der Waals surface area contributed by atoms with E-state index in [4.69, 9.17) is 0 Å². The highest BCUT2D eigenvalue weighted by atomic mass is 32.2. The molecule has 1 aromatic carbocycles. The summed E-state index contributed by atoms with van der Waals surface area (Å²) in [5.74, 6) is 0. The monoisotopic (exact) mass is 295 g/mol. The summed E-state index contributed by atoms with van der Waals surface area (Å²) in [6.07, 6.45) is 2.25. The number of rotatable bonds is 5. The van der Waals surface area contributed by atoms with Crippen LogP contribution in [0.15, 0.2) is 35.4 Å². The second-order valence-electron chi connectivity index (χ2n) is 4.39. The van der Waals surface area contributed by atoms with Crippen molar-refractivity contribution in [2.24, 2.45) is 7.05 Å². The number of hydrogen-bond acceptors (Lipinski definition) is 4. The highest BCUT2D eigenvalue weighted by molar-refractivity contribution is 7.92. The van der Waals surface area contributed by atoms with E-state index in [1.807, 2.05) is 6.92 Å². The van der Waals surface area contributed by atoms with Crippen LogP contribution in [0.5, 0.6) is 0 Å². The maximum Gasteiger partial charge on any atom is 0.262 e. The predicted octanol–water partition coefficient (Wildman–Crippen LogP) is 1.28. The lowest BCUT2D eigenvalue weighted by atomic mass is 10.2. The van der Waals surface area contributed by atoms with E-state index < -0.39 is 10.0 Å². The number of sulfonamides is 1. The second kappa shape index (κ2) is 5.64. The van der Waals surface area contributed by atoms with E-state index in [-0.39, 0.29) is 11.5 Å². The van der Waals surface area contributed by atoms with Gasteiger partial charge in [-0.25, -0.2) is 8.42 Å². The molecule has 0 amide bonds. The maximum atomic E-state index is 12.4. The molecule has 1 heterocycles. The Bertz CT molecular complexity index is 707. The highest BCUT2D eigenvalue weighted by Gasteiger charge is 2.20. The van der Waals surface area contributed by atoms with Crippen molar-refractivity contribution in [1.82, 2.24) is 9.78 Å². The SMILES string of the molecule is CCc1nn(C)cc1NS(=O)(=O)c1ccccc1CO. The molecule has 0 atom stereocenters. The first-order valence-corrected chi connectivity index (χ1v) is 7.70. The molecule has 0 radical (unpaired) electrons. The summed E-state index contributed by atoms with van der Waals surface area (Å²) in [5, 5.41) is 13.4. The van der Waals surface area contributed by atoms with Gasteiger partial charge in [0.25, 0.3) is 10.0 Å². The number of benzene rings is 1. The van der Waals surface area contributed by atoms with Gasteiger partial charge in [-0.3, -0.25) is 9.40 Å². The molecule has 1 aromatic heterocycles. The molecule has 0 saturated carbocycles. The van der Waals surface area contributed by atoms with Crippen LogP contribution in [-0.4, -0.2) is 23.3 Å². The number of aliphatic hydroxyl groups excluding tert-OH is 1. The van der Waals surface area contributed by atoms with E-state index in [1.165, 1.54) is 6.07 Å². The van der Waals surface area contributed by atoms with Gasteiger partial charge in [-0.1, -0.05) is 25.1 Å². The second-order valence-corrected chi connectivity index (χ2v) is 6.04. The Morgan fingerprint density at radius 1 is 1.35 bits per heavy atom. The summed E-state index contributed by atoms with van der Waals surface area (Å²) < 4.78 is 28.9. The van der Waals surface area contributed by atoms with E-state index >= 15 is 0 Å². The van der Waals surface area contributed by atoms with Crippen LogP contribution in [0.4, 0.5) is 5.69 Å². The third-order valence-corrected chi connectivity index (χ3v) is 4.38. The zero-order chi connectivity index (χ0) is 14.8. The molecule has 0 aliphatic carbocycles. The van der Waals surface area contributed by atoms with Crippen LogP contribution >= 0.6 is 0 Å². The predicted molar refractivity (Wildman–Crippen MR) is 75.8 cm³/mol. The van der Waals surface area contributed by atoms with Crippen molar-refractivity contribution in [3.63, 3.8) is 0 Å². The molecule has 2 N–H and O–H groups in total. The minimum Gasteiger partial charge on any atom is -0.392 e. The van der Waals surface area contributed by atoms with Gasteiger partial charge < -0.3 is 5.11 Å². The number of nitrogens with one attached hydrogen (secondary N) is 1. The molecular weight excluding hydrogens is 278 g/mol. The number of anilines is 1. The molecule has 2 rings (SSSR count). The Balaban J connectivity index is 2.40. The van der Waals surface area contributed by atoms with Crippen LogP contribution in [0.3, 0.4) is 0 Å². The molecule has 0 aliphatic heterocycles. The first-order valence-electron chi connectivity index (χ1n) is 6.22. The van der Waals surface area contributed by atoms with Gasteiger partial charge in [0, 0.05) is 13.2 Å². The fraction of sp³-hybridized carbons (Fsp3) is 0.308. The van der Waals surface area contributed by atoms with E-state index in [2.05, 4.69) is 9.82 Å². The average Bonchev–Trinajstić information content (AvgIpc) is 2.77. The molecular formula is C13H17N3O3S. The first-order chi connectivity index (χ1) is 9.47. The number of aliphatic hydroxyl groups is 1. The summed E-state index contributed by atoms with van der Waals surface area (Å²) in [5.41, 5.74) is 1.50. The normalized spacial score (nSPS) is 11.6. The van der Waals surface area contributed by atoms with Crippen molar-refractivity contribution in [2.45, 2.75) is 24.8 Å². The Morgan fingerprint density at radius 2 is 2.05 bits per heavy atom. The van der Waals surface area contributed by atoms with Gasteiger partial charge in [0.1, 0.15) is 0 Å². The number of aryl methyl sites for hydroxylation is 2. The van der Waals surface area contributed by atoms with E-state index in [0.717, 1.165) is 0 Å². The van der Waals surface area contributed by atoms with Crippen LogP contribution in [0.2, 0.25) is 0 Å². The van der Waals surface area contributed by atoms with Crippen LogP contribution in [-0.2, 0) is 30.1 Å². The smallest absolute Gasteiger partial charge is 0.262 e. The van der Waals surface area contributed by atoms with Gasteiger partial charge in [0.15, 0.2) is 0 Å². The van der Waals surface area contributed by atoms with Crippen molar-refractivity contribution in [3.8, 4) is 0 Å². The topological polar surface area (TPSA) is 84.2 Å². The lowest BCUT2D eigenvalue weighted by Crippen LogP contribution is -2.15. The van der Waals surface area contributed by atoms with Crippen molar-refractivity contribution < 1.29 is 13.5 Å². The molecule has 0 aliphatic rings. The molecule has 0 saturated heterocycles. The summed E-state index contributed by atoms with van der Waals surface area (Å²) in [6.45, 7) is 1.58. The number of hydrogen-bond donors (Lipinski definition) is 2. The molecule has 108 valence electrons. The molecule has 7 heteroatoms. The summed E-state index contributed by atoms with van der Waals surface area (Å²) >= 11 is 0. The number of nitrogens with zero attached hydrogens (tertiary/aromatic N) is 2. The highest BCUT2D eigenvalue weighted by Crippen LogP contribution is 2.22. The minimum atomic E-state index is -3.74. The van der Waals surface area contributed by atoms with Crippen LogP contribution in [0.1, 0.15) is 18.2 Å². The fourth-order valence-electron chi connectivity index (χ4n) is 1.98. The van der Waals surface area contributed by atoms with E-state index in [0.29, 0.717) is 23.4 Å². The molecule has 0 bridgehead atoms. The van der Waals surface area contributed by atoms with E-state index in [9.17, 15) is 13.5 Å². The van der Waals surface area contributed by atoms with Gasteiger partial charge in [0.2, 0.25) is 0 Å². The third-order valence-electron chi connectivity index (χ3n) is 2.92. The lowest BCUT2D eigenvalue weighted by Gasteiger charge is -2.10. The van der Waals surface area contributed by atoms with Crippen molar-refractivity contribution in [2.75, 3.05) is 4.72 Å². The number of aromatic nitrogens is 2. The Labute approximate surface area is 118 Å². The lowest BCUT2D eigenvalue weighted by molar-refractivity contribution is 0.278. The van der Waals surface area contributed by atoms with Crippen molar-refractivity contribution in [3.05, 3.63) is 41.7 Å². The van der Waals surface area contributed by atoms with Gasteiger partial charge in [-0.2, -0.15) is 5.10 Å². The zero-order valence-electron chi connectivity index (χ0n) is 11.4. The van der Waals surface area contributed by atoms with E-state index in [1.54, 1.807) is 36.1 Å². The standard InChI is InChI=1S/C13H17N3O3S/c1-3-11-12(8-16(2)14-11)15-20(18,19)13-7-5-4-6-10(13)9-17/h4-8,15,17H,3,9H2,1-2H3. The van der Waals surface area contributed by atoms with Gasteiger partial charge in [-0.05, 0) is 18.1 Å². The largest absolute Gasteiger partial charge is 0.392 e. The summed E-state index contributed by atoms with van der Waals surface area (Å²) in [7, 11) is -2.00. The molecule has 0 spiro atoms. The van der Waals surface area contributed by atoms with Crippen molar-refractivity contribution in [1.29, 1.82) is 0 Å². The van der Waals surface area contributed by atoms with Crippen LogP contribution in [0.25, 0.3) is 0 Å².